The fourth-order valence-electron chi connectivity index (χ4n) is 12.4. The molecular weight excluding hydrogens is 771 g/mol. The summed E-state index contributed by atoms with van der Waals surface area (Å²) in [7, 11) is 0. The maximum Gasteiger partial charge on any atom is 0.0714 e. The lowest BCUT2D eigenvalue weighted by atomic mass is 9.67. The van der Waals surface area contributed by atoms with Gasteiger partial charge in [0.15, 0.2) is 0 Å². The molecule has 0 saturated heterocycles. The normalized spacial score (nSPS) is 18.0. The van der Waals surface area contributed by atoms with Gasteiger partial charge in [0.05, 0.1) is 5.41 Å². The van der Waals surface area contributed by atoms with Gasteiger partial charge in [0.1, 0.15) is 0 Å². The van der Waals surface area contributed by atoms with Gasteiger partial charge in [-0.25, -0.2) is 0 Å². The molecule has 0 amide bonds. The van der Waals surface area contributed by atoms with Crippen LogP contribution in [-0.2, 0) is 5.41 Å². The van der Waals surface area contributed by atoms with Crippen molar-refractivity contribution in [1.29, 1.82) is 0 Å². The highest BCUT2D eigenvalue weighted by Crippen LogP contribution is 2.59. The predicted molar refractivity (Wildman–Crippen MR) is 269 cm³/mol. The van der Waals surface area contributed by atoms with Gasteiger partial charge in [-0.05, 0) is 157 Å². The minimum Gasteiger partial charge on any atom is -0.310 e. The average Bonchev–Trinajstić information content (AvgIpc) is 4.08. The highest BCUT2D eigenvalue weighted by molar-refractivity contribution is 6.04. The molecule has 3 atom stereocenters. The van der Waals surface area contributed by atoms with Gasteiger partial charge in [0, 0.05) is 17.1 Å². The number of hydrogen-bond donors (Lipinski definition) is 0. The minimum absolute atomic E-state index is 0.374. The van der Waals surface area contributed by atoms with Crippen molar-refractivity contribution >= 4 is 27.8 Å². The van der Waals surface area contributed by atoms with Crippen molar-refractivity contribution in [1.82, 2.24) is 0 Å². The van der Waals surface area contributed by atoms with Crippen LogP contribution in [0.3, 0.4) is 0 Å². The summed E-state index contributed by atoms with van der Waals surface area (Å²) in [5.41, 5.74) is 18.8. The van der Waals surface area contributed by atoms with Crippen LogP contribution >= 0.6 is 0 Å². The van der Waals surface area contributed by atoms with Crippen molar-refractivity contribution < 1.29 is 0 Å². The molecule has 12 rings (SSSR count). The van der Waals surface area contributed by atoms with E-state index < -0.39 is 5.41 Å². The van der Waals surface area contributed by atoms with E-state index in [1.54, 1.807) is 0 Å². The Morgan fingerprint density at radius 3 is 1.75 bits per heavy atom. The highest BCUT2D eigenvalue weighted by atomic mass is 15.1. The van der Waals surface area contributed by atoms with Gasteiger partial charge in [-0.1, -0.05) is 196 Å². The summed E-state index contributed by atoms with van der Waals surface area (Å²) in [4.78, 5) is 2.50. The zero-order chi connectivity index (χ0) is 42.8. The molecule has 2 fully saturated rings. The summed E-state index contributed by atoms with van der Waals surface area (Å²) in [5.74, 6) is 2.82. The molecule has 64 heavy (non-hydrogen) atoms. The Morgan fingerprint density at radius 2 is 1.09 bits per heavy atom. The molecule has 0 spiro atoms. The highest BCUT2D eigenvalue weighted by Gasteiger charge is 2.47. The SMILES string of the molecule is CC(C)c1cccc2c1-c1ccc(N(c3ccc(-c4ccc5ccccc5c4-c4ccccc4)cc3)c3ccc(C4CC5CCC4C5)cc3)cc1C2(c1ccccc1)c1ccccc1. The molecule has 9 aromatic carbocycles. The van der Waals surface area contributed by atoms with E-state index in [1.807, 2.05) is 0 Å². The van der Waals surface area contributed by atoms with Crippen molar-refractivity contribution in [3.8, 4) is 33.4 Å². The predicted octanol–water partition coefficient (Wildman–Crippen LogP) is 17.0. The first-order valence-electron chi connectivity index (χ1n) is 23.5. The summed E-state index contributed by atoms with van der Waals surface area (Å²) in [6, 6.07) is 80.0. The lowest BCUT2D eigenvalue weighted by Crippen LogP contribution is -2.28. The molecule has 2 saturated carbocycles. The minimum atomic E-state index is -0.501. The first kappa shape index (κ1) is 38.7. The van der Waals surface area contributed by atoms with Crippen LogP contribution < -0.4 is 4.90 Å². The van der Waals surface area contributed by atoms with Crippen LogP contribution in [-0.4, -0.2) is 0 Å². The maximum absolute atomic E-state index is 2.52. The standard InChI is InChI=1S/C63H53N/c1-42(2)54-23-14-24-59-62(54)57-38-36-53(41-60(57)63(59,49-18-8-4-9-19-49)50-20-10-5-11-21-50)64(52-34-29-46(30-35-52)58-40-43-25-26-48(58)39-43)51-32-27-45(28-33-51)56-37-31-44-15-12-13-22-55(44)61(56)47-16-6-3-7-17-47/h3-24,27-38,41-43,48,58H,25-26,39-40H2,1-2H3. The lowest BCUT2D eigenvalue weighted by Gasteiger charge is -2.35. The quantitative estimate of drug-likeness (QED) is 0.140. The number of nitrogens with zero attached hydrogens (tertiary/aromatic N) is 1. The zero-order valence-electron chi connectivity index (χ0n) is 36.8. The largest absolute Gasteiger partial charge is 0.310 e. The first-order chi connectivity index (χ1) is 31.6. The third kappa shape index (κ3) is 6.20. The van der Waals surface area contributed by atoms with Crippen LogP contribution in [0.15, 0.2) is 212 Å². The molecule has 0 N–H and O–H groups in total. The van der Waals surface area contributed by atoms with Crippen molar-refractivity contribution in [3.05, 3.63) is 246 Å². The van der Waals surface area contributed by atoms with Crippen molar-refractivity contribution in [3.63, 3.8) is 0 Å². The van der Waals surface area contributed by atoms with Crippen LogP contribution in [0.2, 0.25) is 0 Å². The number of anilines is 3. The summed E-state index contributed by atoms with van der Waals surface area (Å²) in [5, 5.41) is 2.52. The summed E-state index contributed by atoms with van der Waals surface area (Å²) in [6.45, 7) is 4.67. The van der Waals surface area contributed by atoms with Gasteiger partial charge in [-0.2, -0.15) is 0 Å². The van der Waals surface area contributed by atoms with Gasteiger partial charge >= 0.3 is 0 Å². The Morgan fingerprint density at radius 1 is 0.469 bits per heavy atom. The van der Waals surface area contributed by atoms with Gasteiger partial charge in [0.2, 0.25) is 0 Å². The topological polar surface area (TPSA) is 3.24 Å². The van der Waals surface area contributed by atoms with Gasteiger partial charge in [0.25, 0.3) is 0 Å². The molecule has 0 aromatic heterocycles. The molecule has 0 heterocycles. The van der Waals surface area contributed by atoms with Crippen molar-refractivity contribution in [2.45, 2.75) is 56.8 Å². The van der Waals surface area contributed by atoms with Crippen LogP contribution in [0.25, 0.3) is 44.2 Å². The van der Waals surface area contributed by atoms with E-state index in [4.69, 9.17) is 0 Å². The molecule has 3 aliphatic rings. The molecule has 2 bridgehead atoms. The summed E-state index contributed by atoms with van der Waals surface area (Å²) in [6.07, 6.45) is 5.57. The molecular formula is C63H53N. The van der Waals surface area contributed by atoms with E-state index >= 15 is 0 Å². The lowest BCUT2D eigenvalue weighted by molar-refractivity contribution is 0.420. The second-order valence-electron chi connectivity index (χ2n) is 19.0. The molecule has 1 heteroatoms. The number of hydrogen-bond acceptors (Lipinski definition) is 1. The van der Waals surface area contributed by atoms with Crippen LogP contribution in [0.1, 0.15) is 84.7 Å². The Balaban J connectivity index is 1.05. The third-order valence-electron chi connectivity index (χ3n) is 15.2. The monoisotopic (exact) mass is 823 g/mol. The molecule has 0 aliphatic heterocycles. The number of rotatable bonds is 9. The Hall–Kier alpha value is -6.96. The van der Waals surface area contributed by atoms with Gasteiger partial charge < -0.3 is 4.90 Å². The molecule has 3 aliphatic carbocycles. The second kappa shape index (κ2) is 15.7. The van der Waals surface area contributed by atoms with E-state index in [-0.39, 0.29) is 0 Å². The van der Waals surface area contributed by atoms with Gasteiger partial charge in [-0.3, -0.25) is 0 Å². The average molecular weight is 824 g/mol. The molecule has 9 aromatic rings. The van der Waals surface area contributed by atoms with E-state index in [2.05, 4.69) is 231 Å². The summed E-state index contributed by atoms with van der Waals surface area (Å²) < 4.78 is 0. The van der Waals surface area contributed by atoms with Crippen LogP contribution in [0.5, 0.6) is 0 Å². The smallest absolute Gasteiger partial charge is 0.0714 e. The van der Waals surface area contributed by atoms with Crippen LogP contribution in [0, 0.1) is 11.8 Å². The van der Waals surface area contributed by atoms with Crippen molar-refractivity contribution in [2.75, 3.05) is 4.90 Å². The van der Waals surface area contributed by atoms with Gasteiger partial charge in [-0.15, -0.1) is 0 Å². The van der Waals surface area contributed by atoms with E-state index in [9.17, 15) is 0 Å². The van der Waals surface area contributed by atoms with E-state index in [1.165, 1.54) is 109 Å². The number of fused-ring (bicyclic) bond motifs is 6. The fraction of sp³-hybridized carbons (Fsp3) is 0.175. The van der Waals surface area contributed by atoms with Crippen LogP contribution in [0.4, 0.5) is 17.1 Å². The fourth-order valence-corrected chi connectivity index (χ4v) is 12.4. The van der Waals surface area contributed by atoms with Crippen molar-refractivity contribution in [2.24, 2.45) is 11.8 Å². The molecule has 0 radical (unpaired) electrons. The zero-order valence-corrected chi connectivity index (χ0v) is 36.8. The first-order valence-corrected chi connectivity index (χ1v) is 23.5. The number of benzene rings is 9. The second-order valence-corrected chi connectivity index (χ2v) is 19.0. The molecule has 1 nitrogen and oxygen atoms in total. The molecule has 310 valence electrons. The Labute approximate surface area is 378 Å². The molecule has 3 unspecified atom stereocenters. The Kier molecular flexibility index (Phi) is 9.48. The summed E-state index contributed by atoms with van der Waals surface area (Å²) >= 11 is 0. The Bertz CT molecular complexity index is 3090. The third-order valence-corrected chi connectivity index (χ3v) is 15.2. The van der Waals surface area contributed by atoms with E-state index in [0.29, 0.717) is 11.8 Å². The maximum atomic E-state index is 2.52. The van der Waals surface area contributed by atoms with E-state index in [0.717, 1.165) is 23.2 Å².